The van der Waals surface area contributed by atoms with Crippen LogP contribution in [0.25, 0.3) is 11.1 Å². The Morgan fingerprint density at radius 1 is 0.927 bits per heavy atom. The summed E-state index contributed by atoms with van der Waals surface area (Å²) in [5.74, 6) is -2.45. The van der Waals surface area contributed by atoms with Crippen molar-refractivity contribution < 1.29 is 33.4 Å². The Balaban J connectivity index is 1.87. The van der Waals surface area contributed by atoms with Crippen LogP contribution >= 0.6 is 0 Å². The van der Waals surface area contributed by atoms with Crippen LogP contribution in [0.3, 0.4) is 0 Å². The van der Waals surface area contributed by atoms with Gasteiger partial charge in [0.25, 0.3) is 5.91 Å². The quantitative estimate of drug-likeness (QED) is 0.115. The molecular formula is C39H49N9O7. The number of nitrogens with one attached hydrogen (secondary N) is 4. The monoisotopic (exact) mass is 755 g/mol. The summed E-state index contributed by atoms with van der Waals surface area (Å²) < 4.78 is 12.1. The molecule has 292 valence electrons. The zero-order valence-corrected chi connectivity index (χ0v) is 31.4. The molecule has 0 saturated heterocycles. The van der Waals surface area contributed by atoms with E-state index in [-0.39, 0.29) is 45.8 Å². The van der Waals surface area contributed by atoms with Gasteiger partial charge in [-0.25, -0.2) is 0 Å². The minimum Gasteiger partial charge on any atom is -0.492 e. The average Bonchev–Trinajstić information content (AvgIpc) is 3.16. The largest absolute Gasteiger partial charge is 0.492 e. The highest BCUT2D eigenvalue weighted by Crippen LogP contribution is 2.40. The van der Waals surface area contributed by atoms with Crippen LogP contribution < -0.4 is 47.9 Å². The lowest BCUT2D eigenvalue weighted by molar-refractivity contribution is -0.141. The molecule has 1 aliphatic heterocycles. The summed E-state index contributed by atoms with van der Waals surface area (Å²) in [5, 5.41) is 19.7. The molecule has 0 saturated carbocycles. The van der Waals surface area contributed by atoms with Crippen molar-refractivity contribution >= 4 is 29.5 Å². The van der Waals surface area contributed by atoms with Crippen LogP contribution in [0.4, 0.5) is 0 Å². The smallest absolute Gasteiger partial charge is 0.252 e. The molecule has 0 aromatic heterocycles. The number of benzene rings is 3. The molecule has 0 spiro atoms. The SMILES string of the molecule is Cc1ccc(C(=O)N[C@@H](CN)C(=O)N(C)[C@@H]2C(=O)N[C@@H](C)C(=O)N[C@H](C(=O)NCC#N)Cc3ccc(OCCN)c(c3)-c3cc2ccc3OCCN)c(C)c1. The Labute approximate surface area is 320 Å². The van der Waals surface area contributed by atoms with Crippen molar-refractivity contribution in [3.8, 4) is 28.7 Å². The minimum absolute atomic E-state index is 0.0146. The fourth-order valence-electron chi connectivity index (χ4n) is 6.23. The number of likely N-dealkylation sites (N-methyl/N-ethyl adjacent to an activating group) is 1. The van der Waals surface area contributed by atoms with Crippen molar-refractivity contribution in [1.29, 1.82) is 5.26 Å². The second-order valence-electron chi connectivity index (χ2n) is 13.2. The maximum atomic E-state index is 14.3. The van der Waals surface area contributed by atoms with Crippen LogP contribution in [0.5, 0.6) is 11.5 Å². The fraction of sp³-hybridized carbons (Fsp3) is 0.385. The van der Waals surface area contributed by atoms with Crippen molar-refractivity contribution in [3.63, 3.8) is 0 Å². The maximum absolute atomic E-state index is 14.3. The summed E-state index contributed by atoms with van der Waals surface area (Å²) in [4.78, 5) is 69.8. The lowest BCUT2D eigenvalue weighted by Crippen LogP contribution is -2.56. The Morgan fingerprint density at radius 2 is 1.58 bits per heavy atom. The van der Waals surface area contributed by atoms with Crippen molar-refractivity contribution in [2.45, 2.75) is 51.4 Å². The van der Waals surface area contributed by atoms with Gasteiger partial charge in [0, 0.05) is 49.8 Å². The number of rotatable bonds is 13. The molecule has 55 heavy (non-hydrogen) atoms. The van der Waals surface area contributed by atoms with Gasteiger partial charge < -0.3 is 52.8 Å². The van der Waals surface area contributed by atoms with Crippen LogP contribution in [0.2, 0.25) is 0 Å². The molecule has 0 radical (unpaired) electrons. The molecule has 4 atom stereocenters. The topological polar surface area (TPSA) is 257 Å². The number of carbonyl (C=O) groups excluding carboxylic acids is 5. The van der Waals surface area contributed by atoms with Gasteiger partial charge in [-0.2, -0.15) is 5.26 Å². The van der Waals surface area contributed by atoms with Gasteiger partial charge >= 0.3 is 0 Å². The van der Waals surface area contributed by atoms with Gasteiger partial charge in [-0.05, 0) is 67.8 Å². The molecule has 1 heterocycles. The highest BCUT2D eigenvalue weighted by atomic mass is 16.5. The molecule has 0 aliphatic carbocycles. The molecule has 16 nitrogen and oxygen atoms in total. The number of ether oxygens (including phenoxy) is 2. The number of nitriles is 1. The Morgan fingerprint density at radius 3 is 2.20 bits per heavy atom. The summed E-state index contributed by atoms with van der Waals surface area (Å²) in [7, 11) is 1.40. The molecule has 16 heteroatoms. The molecule has 5 amide bonds. The number of nitrogens with zero attached hydrogens (tertiary/aromatic N) is 2. The molecule has 4 bridgehead atoms. The van der Waals surface area contributed by atoms with E-state index >= 15 is 0 Å². The molecule has 0 unspecified atom stereocenters. The molecule has 1 aliphatic rings. The van der Waals surface area contributed by atoms with Crippen molar-refractivity contribution in [1.82, 2.24) is 26.2 Å². The van der Waals surface area contributed by atoms with Gasteiger partial charge in [-0.15, -0.1) is 0 Å². The second kappa shape index (κ2) is 19.3. The molecule has 10 N–H and O–H groups in total. The van der Waals surface area contributed by atoms with E-state index < -0.39 is 53.7 Å². The summed E-state index contributed by atoms with van der Waals surface area (Å²) in [5.41, 5.74) is 21.6. The predicted octanol–water partition coefficient (Wildman–Crippen LogP) is 0.0876. The van der Waals surface area contributed by atoms with E-state index in [4.69, 9.17) is 31.9 Å². The first kappa shape index (κ1) is 41.7. The van der Waals surface area contributed by atoms with Gasteiger partial charge in [-0.1, -0.05) is 29.8 Å². The first-order chi connectivity index (χ1) is 26.3. The summed E-state index contributed by atoms with van der Waals surface area (Å²) in [6.45, 7) is 5.26. The van der Waals surface area contributed by atoms with Crippen molar-refractivity contribution in [3.05, 3.63) is 82.4 Å². The van der Waals surface area contributed by atoms with Gasteiger partial charge in [0.05, 0.1) is 6.07 Å². The summed E-state index contributed by atoms with van der Waals surface area (Å²) in [6, 6.07) is 12.4. The predicted molar refractivity (Wildman–Crippen MR) is 205 cm³/mol. The molecule has 0 fully saturated rings. The van der Waals surface area contributed by atoms with E-state index in [0.717, 1.165) is 10.5 Å². The number of aryl methyl sites for hydroxylation is 2. The van der Waals surface area contributed by atoms with E-state index in [2.05, 4.69) is 21.3 Å². The van der Waals surface area contributed by atoms with Crippen LogP contribution in [-0.4, -0.2) is 99.0 Å². The zero-order chi connectivity index (χ0) is 40.2. The Kier molecular flexibility index (Phi) is 14.7. The Hall–Kier alpha value is -6.02. The summed E-state index contributed by atoms with van der Waals surface area (Å²) in [6.07, 6.45) is 0.0146. The van der Waals surface area contributed by atoms with E-state index in [9.17, 15) is 24.0 Å². The first-order valence-electron chi connectivity index (χ1n) is 17.9. The number of nitrogens with two attached hydrogens (primary N) is 3. The number of carbonyl (C=O) groups is 5. The van der Waals surface area contributed by atoms with Gasteiger partial charge in [0.2, 0.25) is 23.6 Å². The third-order valence-electron chi connectivity index (χ3n) is 9.02. The molecule has 3 aromatic rings. The van der Waals surface area contributed by atoms with E-state index in [0.29, 0.717) is 44.9 Å². The number of hydrogen-bond acceptors (Lipinski definition) is 11. The van der Waals surface area contributed by atoms with Gasteiger partial charge in [0.15, 0.2) is 0 Å². The highest BCUT2D eigenvalue weighted by Gasteiger charge is 2.36. The van der Waals surface area contributed by atoms with Crippen LogP contribution in [0, 0.1) is 25.2 Å². The van der Waals surface area contributed by atoms with E-state index in [1.54, 1.807) is 55.5 Å². The van der Waals surface area contributed by atoms with Crippen molar-refractivity contribution in [2.75, 3.05) is 46.4 Å². The standard InChI is InChI=1S/C39H49N9O7/c1-22-5-8-27(23(2)17-22)36(50)47-31(21-43)39(53)48(4)34-26-7-10-33(55-16-13-42)29(20-26)28-18-25(6-9-32(28)54-15-12-41)19-30(37(51)44-14-11-40)46-35(49)24(3)45-38(34)52/h5-10,17-18,20,24,30-31,34H,12-16,19,21,41-43H2,1-4H3,(H,44,51)(H,45,52)(H,46,49)(H,47,50)/t24-,30-,31-,34-/m0/s1. The lowest BCUT2D eigenvalue weighted by atomic mass is 9.93. The van der Waals surface area contributed by atoms with E-state index in [1.165, 1.54) is 14.0 Å². The maximum Gasteiger partial charge on any atom is 0.252 e. The third-order valence-corrected chi connectivity index (χ3v) is 9.02. The lowest BCUT2D eigenvalue weighted by Gasteiger charge is -2.32. The highest BCUT2D eigenvalue weighted by molar-refractivity contribution is 6.00. The zero-order valence-electron chi connectivity index (χ0n) is 31.4. The molecule has 3 aromatic carbocycles. The molecular weight excluding hydrogens is 706 g/mol. The van der Waals surface area contributed by atoms with Gasteiger partial charge in [0.1, 0.15) is 55.4 Å². The Bertz CT molecular complexity index is 1950. The minimum atomic E-state index is -1.37. The van der Waals surface area contributed by atoms with Crippen molar-refractivity contribution in [2.24, 2.45) is 17.2 Å². The number of hydrogen-bond donors (Lipinski definition) is 7. The van der Waals surface area contributed by atoms with Crippen LogP contribution in [0.15, 0.2) is 54.6 Å². The number of fused-ring (bicyclic) bond motifs is 5. The van der Waals surface area contributed by atoms with Gasteiger partial charge in [-0.3, -0.25) is 24.0 Å². The fourth-order valence-corrected chi connectivity index (χ4v) is 6.23. The summed E-state index contributed by atoms with van der Waals surface area (Å²) >= 11 is 0. The van der Waals surface area contributed by atoms with Crippen LogP contribution in [0.1, 0.15) is 45.6 Å². The third kappa shape index (κ3) is 10.4. The average molecular weight is 756 g/mol. The number of amides is 5. The van der Waals surface area contributed by atoms with E-state index in [1.807, 2.05) is 19.1 Å². The first-order valence-corrected chi connectivity index (χ1v) is 17.9. The van der Waals surface area contributed by atoms with Crippen LogP contribution in [-0.2, 0) is 25.6 Å². The second-order valence-corrected chi connectivity index (χ2v) is 13.2. The molecule has 4 rings (SSSR count). The normalized spacial score (nSPS) is 17.3.